The molecule has 0 unspecified atom stereocenters. The zero-order valence-electron chi connectivity index (χ0n) is 10.0. The molecule has 98 valence electrons. The molecule has 1 saturated heterocycles. The summed E-state index contributed by atoms with van der Waals surface area (Å²) in [6.07, 6.45) is 2.02. The highest BCUT2D eigenvalue weighted by Gasteiger charge is 2.23. The van der Waals surface area contributed by atoms with E-state index < -0.39 is 0 Å². The smallest absolute Gasteiger partial charge is 0.253 e. The van der Waals surface area contributed by atoms with Gasteiger partial charge in [0.05, 0.1) is 0 Å². The van der Waals surface area contributed by atoms with E-state index in [4.69, 9.17) is 5.73 Å². The summed E-state index contributed by atoms with van der Waals surface area (Å²) in [7, 11) is 0. The van der Waals surface area contributed by atoms with E-state index >= 15 is 0 Å². The minimum Gasteiger partial charge on any atom is -0.339 e. The van der Waals surface area contributed by atoms with Gasteiger partial charge in [-0.15, -0.1) is 0 Å². The van der Waals surface area contributed by atoms with E-state index in [1.807, 2.05) is 23.1 Å². The van der Waals surface area contributed by atoms with Crippen LogP contribution in [-0.4, -0.2) is 30.4 Å². The topological polar surface area (TPSA) is 46.3 Å². The summed E-state index contributed by atoms with van der Waals surface area (Å²) in [4.78, 5) is 14.3. The Morgan fingerprint density at radius 2 is 1.78 bits per heavy atom. The molecule has 18 heavy (non-hydrogen) atoms. The molecule has 1 aliphatic rings. The average molecular weight is 376 g/mol. The van der Waals surface area contributed by atoms with E-state index in [2.05, 4.69) is 31.9 Å². The molecule has 0 atom stereocenters. The number of piperidine rings is 1. The Kier molecular flexibility index (Phi) is 4.81. The highest BCUT2D eigenvalue weighted by atomic mass is 79.9. The van der Waals surface area contributed by atoms with Crippen LogP contribution in [0.5, 0.6) is 0 Å². The summed E-state index contributed by atoms with van der Waals surface area (Å²) < 4.78 is 1.83. The van der Waals surface area contributed by atoms with Crippen molar-refractivity contribution in [1.82, 2.24) is 4.90 Å². The van der Waals surface area contributed by atoms with Gasteiger partial charge in [-0.25, -0.2) is 0 Å². The maximum Gasteiger partial charge on any atom is 0.253 e. The fraction of sp³-hybridized carbons (Fsp3) is 0.462. The van der Waals surface area contributed by atoms with Gasteiger partial charge in [0.25, 0.3) is 5.91 Å². The third-order valence-electron chi connectivity index (χ3n) is 3.34. The van der Waals surface area contributed by atoms with Crippen LogP contribution < -0.4 is 5.73 Å². The molecule has 0 bridgehead atoms. The van der Waals surface area contributed by atoms with E-state index in [0.717, 1.165) is 47.0 Å². The second kappa shape index (κ2) is 6.17. The number of carbonyl (C=O) groups is 1. The average Bonchev–Trinajstić information content (AvgIpc) is 2.37. The second-order valence-corrected chi connectivity index (χ2v) is 6.46. The Morgan fingerprint density at radius 3 is 2.28 bits per heavy atom. The lowest BCUT2D eigenvalue weighted by molar-refractivity contribution is 0.0693. The highest BCUT2D eigenvalue weighted by Crippen LogP contribution is 2.23. The lowest BCUT2D eigenvalue weighted by Crippen LogP contribution is -2.40. The SMILES string of the molecule is NCC1CCN(C(=O)c2cc(Br)cc(Br)c2)CC1. The van der Waals surface area contributed by atoms with Gasteiger partial charge >= 0.3 is 0 Å². The van der Waals surface area contributed by atoms with Crippen LogP contribution in [0.4, 0.5) is 0 Å². The van der Waals surface area contributed by atoms with Crippen LogP contribution in [0.3, 0.4) is 0 Å². The summed E-state index contributed by atoms with van der Waals surface area (Å²) in [5.41, 5.74) is 6.38. The number of hydrogen-bond donors (Lipinski definition) is 1. The molecule has 1 aliphatic heterocycles. The maximum absolute atomic E-state index is 12.4. The number of rotatable bonds is 2. The van der Waals surface area contributed by atoms with Crippen molar-refractivity contribution in [2.24, 2.45) is 11.7 Å². The Hall–Kier alpha value is -0.390. The molecule has 3 nitrogen and oxygen atoms in total. The van der Waals surface area contributed by atoms with Crippen molar-refractivity contribution in [3.8, 4) is 0 Å². The first-order valence-electron chi connectivity index (χ1n) is 6.05. The standard InChI is InChI=1S/C13H16Br2N2O/c14-11-5-10(6-12(15)7-11)13(18)17-3-1-9(8-16)2-4-17/h5-7,9H,1-4,8,16H2. The lowest BCUT2D eigenvalue weighted by Gasteiger charge is -2.31. The van der Waals surface area contributed by atoms with Crippen molar-refractivity contribution >= 4 is 37.8 Å². The molecule has 0 spiro atoms. The normalized spacial score (nSPS) is 16.9. The second-order valence-electron chi connectivity index (χ2n) is 4.63. The molecular weight excluding hydrogens is 360 g/mol. The number of halogens is 2. The summed E-state index contributed by atoms with van der Waals surface area (Å²) in [6.45, 7) is 2.35. The largest absolute Gasteiger partial charge is 0.339 e. The predicted molar refractivity (Wildman–Crippen MR) is 79.5 cm³/mol. The van der Waals surface area contributed by atoms with E-state index in [0.29, 0.717) is 5.92 Å². The van der Waals surface area contributed by atoms with Crippen molar-refractivity contribution < 1.29 is 4.79 Å². The quantitative estimate of drug-likeness (QED) is 0.863. The third kappa shape index (κ3) is 3.33. The minimum atomic E-state index is 0.104. The van der Waals surface area contributed by atoms with Crippen LogP contribution in [0.1, 0.15) is 23.2 Å². The first-order valence-corrected chi connectivity index (χ1v) is 7.64. The number of carbonyl (C=O) groups excluding carboxylic acids is 1. The maximum atomic E-state index is 12.4. The van der Waals surface area contributed by atoms with Crippen LogP contribution in [0.15, 0.2) is 27.1 Å². The number of hydrogen-bond acceptors (Lipinski definition) is 2. The summed E-state index contributed by atoms with van der Waals surface area (Å²) in [6, 6.07) is 5.65. The van der Waals surface area contributed by atoms with E-state index in [1.165, 1.54) is 0 Å². The molecule has 0 radical (unpaired) electrons. The number of nitrogens with zero attached hydrogens (tertiary/aromatic N) is 1. The van der Waals surface area contributed by atoms with E-state index in [-0.39, 0.29) is 5.91 Å². The first kappa shape index (κ1) is 14.0. The number of amides is 1. The molecule has 1 fully saturated rings. The molecule has 0 saturated carbocycles. The van der Waals surface area contributed by atoms with Crippen molar-refractivity contribution in [2.45, 2.75) is 12.8 Å². The monoisotopic (exact) mass is 374 g/mol. The number of likely N-dealkylation sites (tertiary alicyclic amines) is 1. The molecule has 1 aromatic rings. The summed E-state index contributed by atoms with van der Waals surface area (Å²) in [5, 5.41) is 0. The molecule has 1 aromatic carbocycles. The van der Waals surface area contributed by atoms with Crippen molar-refractivity contribution in [2.75, 3.05) is 19.6 Å². The van der Waals surface area contributed by atoms with Crippen molar-refractivity contribution in [1.29, 1.82) is 0 Å². The Bertz CT molecular complexity index is 422. The molecule has 1 amide bonds. The number of benzene rings is 1. The van der Waals surface area contributed by atoms with Crippen LogP contribution in [0.25, 0.3) is 0 Å². The summed E-state index contributed by atoms with van der Waals surface area (Å²) >= 11 is 6.82. The van der Waals surface area contributed by atoms with Crippen molar-refractivity contribution in [3.63, 3.8) is 0 Å². The zero-order valence-corrected chi connectivity index (χ0v) is 13.2. The molecule has 5 heteroatoms. The van der Waals surface area contributed by atoms with Gasteiger partial charge in [-0.05, 0) is 43.5 Å². The van der Waals surface area contributed by atoms with Crippen molar-refractivity contribution in [3.05, 3.63) is 32.7 Å². The van der Waals surface area contributed by atoms with Crippen LogP contribution in [0.2, 0.25) is 0 Å². The molecule has 0 aromatic heterocycles. The van der Waals surface area contributed by atoms with Gasteiger partial charge < -0.3 is 10.6 Å². The van der Waals surface area contributed by atoms with Crippen LogP contribution >= 0.6 is 31.9 Å². The Balaban J connectivity index is 2.07. The van der Waals surface area contributed by atoms with Gasteiger partial charge in [0.15, 0.2) is 0 Å². The fourth-order valence-corrected chi connectivity index (χ4v) is 3.53. The predicted octanol–water partition coefficient (Wildman–Crippen LogP) is 3.02. The highest BCUT2D eigenvalue weighted by molar-refractivity contribution is 9.11. The summed E-state index contributed by atoms with van der Waals surface area (Å²) in [5.74, 6) is 0.677. The van der Waals surface area contributed by atoms with Gasteiger partial charge in [0.2, 0.25) is 0 Å². The minimum absolute atomic E-state index is 0.104. The van der Waals surface area contributed by atoms with Crippen LogP contribution in [-0.2, 0) is 0 Å². The Morgan fingerprint density at radius 1 is 1.22 bits per heavy atom. The van der Waals surface area contributed by atoms with Gasteiger partial charge in [0, 0.05) is 27.6 Å². The first-order chi connectivity index (χ1) is 8.60. The molecule has 0 aliphatic carbocycles. The van der Waals surface area contributed by atoms with E-state index in [1.54, 1.807) is 0 Å². The van der Waals surface area contributed by atoms with Gasteiger partial charge in [-0.1, -0.05) is 31.9 Å². The fourth-order valence-electron chi connectivity index (χ4n) is 2.23. The molecular formula is C13H16Br2N2O. The third-order valence-corrected chi connectivity index (χ3v) is 4.26. The Labute approximate surface area is 124 Å². The molecule has 2 N–H and O–H groups in total. The van der Waals surface area contributed by atoms with Gasteiger partial charge in [-0.3, -0.25) is 4.79 Å². The van der Waals surface area contributed by atoms with Gasteiger partial charge in [0.1, 0.15) is 0 Å². The lowest BCUT2D eigenvalue weighted by atomic mass is 9.96. The molecule has 1 heterocycles. The van der Waals surface area contributed by atoms with E-state index in [9.17, 15) is 4.79 Å². The number of nitrogens with two attached hydrogens (primary N) is 1. The van der Waals surface area contributed by atoms with Crippen LogP contribution in [0, 0.1) is 5.92 Å². The molecule has 2 rings (SSSR count). The zero-order chi connectivity index (χ0) is 13.1. The van der Waals surface area contributed by atoms with Gasteiger partial charge in [-0.2, -0.15) is 0 Å².